The van der Waals surface area contributed by atoms with Crippen molar-refractivity contribution < 1.29 is 33.7 Å². The van der Waals surface area contributed by atoms with E-state index < -0.39 is 23.7 Å². The zero-order valence-electron chi connectivity index (χ0n) is 26.5. The molecule has 47 heavy (non-hydrogen) atoms. The molecule has 1 amide bonds. The molecule has 1 aliphatic rings. The highest BCUT2D eigenvalue weighted by Crippen LogP contribution is 2.44. The van der Waals surface area contributed by atoms with Crippen molar-refractivity contribution in [1.29, 1.82) is 0 Å². The Morgan fingerprint density at radius 1 is 1.00 bits per heavy atom. The van der Waals surface area contributed by atoms with E-state index in [2.05, 4.69) is 18.5 Å². The van der Waals surface area contributed by atoms with E-state index in [1.165, 1.54) is 11.0 Å². The molecule has 0 radical (unpaired) electrons. The number of carbonyl (C=O) groups is 3. The normalized spacial score (nSPS) is 15.5. The predicted molar refractivity (Wildman–Crippen MR) is 181 cm³/mol. The van der Waals surface area contributed by atoms with Gasteiger partial charge in [0.2, 0.25) is 0 Å². The summed E-state index contributed by atoms with van der Waals surface area (Å²) in [5.74, 6) is -1.49. The number of hydrogen-bond acceptors (Lipinski definition) is 9. The largest absolute Gasteiger partial charge is 0.507 e. The van der Waals surface area contributed by atoms with Crippen LogP contribution in [0.5, 0.6) is 11.5 Å². The van der Waals surface area contributed by atoms with E-state index in [-0.39, 0.29) is 27.9 Å². The zero-order valence-corrected chi connectivity index (χ0v) is 27.3. The number of esters is 1. The summed E-state index contributed by atoms with van der Waals surface area (Å²) in [6.07, 6.45) is 3.34. The van der Waals surface area contributed by atoms with E-state index in [0.717, 1.165) is 35.3 Å². The maximum Gasteiger partial charge on any atom is 0.350 e. The number of nitrogens with zero attached hydrogens (tertiary/aromatic N) is 2. The second-order valence-corrected chi connectivity index (χ2v) is 12.0. The first-order valence-electron chi connectivity index (χ1n) is 15.3. The Bertz CT molecular complexity index is 1810. The Labute approximate surface area is 277 Å². The molecule has 0 aliphatic carbocycles. The molecule has 1 aliphatic heterocycles. The number of aromatic nitrogens is 1. The van der Waals surface area contributed by atoms with Crippen LogP contribution in [0.25, 0.3) is 5.76 Å². The third kappa shape index (κ3) is 7.28. The fraction of sp³-hybridized carbons (Fsp3) is 0.243. The van der Waals surface area contributed by atoms with Crippen LogP contribution < -0.4 is 14.4 Å². The molecule has 2 heterocycles. The van der Waals surface area contributed by atoms with E-state index >= 15 is 0 Å². The molecular weight excluding hydrogens is 616 g/mol. The van der Waals surface area contributed by atoms with Crippen molar-refractivity contribution in [3.8, 4) is 11.5 Å². The lowest BCUT2D eigenvalue weighted by Gasteiger charge is -2.23. The highest BCUT2D eigenvalue weighted by molar-refractivity contribution is 7.17. The number of Topliss-reactive ketones (excluding diaryl/α,β-unsaturated/α-hetero) is 1. The number of anilines is 1. The van der Waals surface area contributed by atoms with Gasteiger partial charge in [-0.05, 0) is 73.4 Å². The molecule has 10 heteroatoms. The molecule has 4 aromatic rings. The summed E-state index contributed by atoms with van der Waals surface area (Å²) in [5, 5.41) is 11.7. The molecule has 0 saturated carbocycles. The van der Waals surface area contributed by atoms with Crippen molar-refractivity contribution in [2.75, 3.05) is 18.1 Å². The quantitative estimate of drug-likeness (QED) is 0.0395. The standard InChI is InChI=1S/C37H36N2O7S/c1-5-7-21-44-28-16-12-25(13-17-28)31-30(32(40)26-14-18-29(19-15-26)46-22-27-11-9-8-10-23(27)3)33(41)35(42)39(31)37-38-24(4)34(47-37)36(43)45-20-6-2/h6,8-19,31,40H,2,5,7,20-22H2,1,3-4H3/b32-30+. The zero-order chi connectivity index (χ0) is 33.5. The van der Waals surface area contributed by atoms with Gasteiger partial charge in [-0.25, -0.2) is 9.78 Å². The second-order valence-electron chi connectivity index (χ2n) is 11.0. The maximum absolute atomic E-state index is 13.7. The SMILES string of the molecule is C=CCOC(=O)c1sc(N2C(=O)C(=O)/C(=C(/O)c3ccc(OCc4ccccc4C)cc3)C2c2ccc(OCCCC)cc2)nc1C. The molecule has 242 valence electrons. The van der Waals surface area contributed by atoms with Crippen LogP contribution in [0.2, 0.25) is 0 Å². The molecule has 0 bridgehead atoms. The molecule has 9 nitrogen and oxygen atoms in total. The number of rotatable bonds is 13. The van der Waals surface area contributed by atoms with Crippen molar-refractivity contribution in [1.82, 2.24) is 4.98 Å². The smallest absolute Gasteiger partial charge is 0.350 e. The fourth-order valence-corrected chi connectivity index (χ4v) is 6.09. The van der Waals surface area contributed by atoms with Gasteiger partial charge in [0, 0.05) is 5.56 Å². The van der Waals surface area contributed by atoms with Gasteiger partial charge in [-0.3, -0.25) is 14.5 Å². The minimum absolute atomic E-state index is 0.0123. The van der Waals surface area contributed by atoms with Gasteiger partial charge in [0.25, 0.3) is 5.78 Å². The summed E-state index contributed by atoms with van der Waals surface area (Å²) in [5.41, 5.74) is 3.29. The number of aliphatic hydroxyl groups is 1. The van der Waals surface area contributed by atoms with Crippen LogP contribution in [-0.2, 0) is 20.9 Å². The number of ether oxygens (including phenoxy) is 3. The highest BCUT2D eigenvalue weighted by Gasteiger charge is 2.48. The number of unbranched alkanes of at least 4 members (excludes halogenated alkanes) is 1. The van der Waals surface area contributed by atoms with Crippen LogP contribution in [-0.4, -0.2) is 41.0 Å². The number of carbonyl (C=O) groups excluding carboxylic acids is 3. The summed E-state index contributed by atoms with van der Waals surface area (Å²) >= 11 is 0.940. The summed E-state index contributed by atoms with van der Waals surface area (Å²) in [7, 11) is 0. The van der Waals surface area contributed by atoms with E-state index in [1.54, 1.807) is 55.5 Å². The second kappa shape index (κ2) is 14.9. The average Bonchev–Trinajstić information content (AvgIpc) is 3.59. The third-order valence-corrected chi connectivity index (χ3v) is 8.84. The van der Waals surface area contributed by atoms with Crippen molar-refractivity contribution in [3.05, 3.63) is 124 Å². The summed E-state index contributed by atoms with van der Waals surface area (Å²) in [6.45, 7) is 10.2. The van der Waals surface area contributed by atoms with Crippen LogP contribution in [0.3, 0.4) is 0 Å². The lowest BCUT2D eigenvalue weighted by atomic mass is 9.95. The minimum atomic E-state index is -1.03. The fourth-order valence-electron chi connectivity index (χ4n) is 5.10. The number of aryl methyl sites for hydroxylation is 2. The summed E-state index contributed by atoms with van der Waals surface area (Å²) < 4.78 is 17.0. The van der Waals surface area contributed by atoms with Gasteiger partial charge in [0.15, 0.2) is 5.13 Å². The minimum Gasteiger partial charge on any atom is -0.507 e. The average molecular weight is 653 g/mol. The lowest BCUT2D eigenvalue weighted by Crippen LogP contribution is -2.29. The Kier molecular flexibility index (Phi) is 10.5. The Morgan fingerprint density at radius 3 is 2.36 bits per heavy atom. The van der Waals surface area contributed by atoms with Gasteiger partial charge < -0.3 is 19.3 Å². The highest BCUT2D eigenvalue weighted by atomic mass is 32.1. The Balaban J connectivity index is 1.51. The number of ketones is 1. The van der Waals surface area contributed by atoms with Crippen molar-refractivity contribution >= 4 is 39.9 Å². The van der Waals surface area contributed by atoms with Crippen molar-refractivity contribution in [2.45, 2.75) is 46.3 Å². The molecule has 5 rings (SSSR count). The summed E-state index contributed by atoms with van der Waals surface area (Å²) in [4.78, 5) is 45.9. The lowest BCUT2D eigenvalue weighted by molar-refractivity contribution is -0.132. The van der Waals surface area contributed by atoms with Gasteiger partial charge in [-0.2, -0.15) is 0 Å². The van der Waals surface area contributed by atoms with E-state index in [1.807, 2.05) is 31.2 Å². The molecular formula is C37H36N2O7S. The number of thiazole rings is 1. The maximum atomic E-state index is 13.7. The van der Waals surface area contributed by atoms with Crippen molar-refractivity contribution in [2.24, 2.45) is 0 Å². The third-order valence-electron chi connectivity index (χ3n) is 7.70. The first-order valence-corrected chi connectivity index (χ1v) is 16.1. The number of benzene rings is 3. The topological polar surface area (TPSA) is 115 Å². The predicted octanol–water partition coefficient (Wildman–Crippen LogP) is 7.49. The van der Waals surface area contributed by atoms with Crippen LogP contribution in [0.1, 0.15) is 63.4 Å². The molecule has 1 aromatic heterocycles. The van der Waals surface area contributed by atoms with Gasteiger partial charge in [-0.15, -0.1) is 0 Å². The molecule has 1 fully saturated rings. The van der Waals surface area contributed by atoms with Crippen LogP contribution in [0.15, 0.2) is 91.0 Å². The Hall–Kier alpha value is -5.22. The molecule has 3 aromatic carbocycles. The molecule has 1 unspecified atom stereocenters. The monoisotopic (exact) mass is 652 g/mol. The van der Waals surface area contributed by atoms with E-state index in [9.17, 15) is 19.5 Å². The van der Waals surface area contributed by atoms with Gasteiger partial charge >= 0.3 is 11.9 Å². The Morgan fingerprint density at radius 2 is 1.68 bits per heavy atom. The molecule has 1 atom stereocenters. The van der Waals surface area contributed by atoms with Gasteiger partial charge in [-0.1, -0.05) is 73.7 Å². The first kappa shape index (κ1) is 33.2. The number of amides is 1. The van der Waals surface area contributed by atoms with Crippen LogP contribution in [0.4, 0.5) is 5.13 Å². The first-order chi connectivity index (χ1) is 22.7. The summed E-state index contributed by atoms with van der Waals surface area (Å²) in [6, 6.07) is 20.6. The number of hydrogen-bond donors (Lipinski definition) is 1. The van der Waals surface area contributed by atoms with E-state index in [0.29, 0.717) is 41.5 Å². The molecule has 1 saturated heterocycles. The van der Waals surface area contributed by atoms with Crippen LogP contribution >= 0.6 is 11.3 Å². The molecule has 1 N–H and O–H groups in total. The molecule has 0 spiro atoms. The number of aliphatic hydroxyl groups excluding tert-OH is 1. The van der Waals surface area contributed by atoms with Crippen molar-refractivity contribution in [3.63, 3.8) is 0 Å². The van der Waals surface area contributed by atoms with Gasteiger partial charge in [0.1, 0.15) is 35.3 Å². The van der Waals surface area contributed by atoms with Gasteiger partial charge in [0.05, 0.1) is 23.9 Å². The van der Waals surface area contributed by atoms with Crippen LogP contribution in [0, 0.1) is 13.8 Å². The van der Waals surface area contributed by atoms with E-state index in [4.69, 9.17) is 14.2 Å².